The number of carbonyl (C=O) groups excluding carboxylic acids is 1. The van der Waals surface area contributed by atoms with Crippen LogP contribution in [0.15, 0.2) is 36.7 Å². The third-order valence-corrected chi connectivity index (χ3v) is 8.52. The molecule has 43 heavy (non-hydrogen) atoms. The standard InChI is InChI=1S/C32H39F2N7O2/c1-20-14-26(33)27(37-31(42)25-19-36-41(30(25)34)32(2,3)4)17-24(20)21-15-22-18-35-40(23-6-8-38(5)9-7-23)29(22)28(16-21)39-10-12-43-13-11-39/h14-19,23H,6-13H2,1-5H3,(H,37,42). The fraction of sp³-hybridized carbons (Fsp3) is 0.469. The number of ether oxygens (including phenoxy) is 1. The lowest BCUT2D eigenvalue weighted by Gasteiger charge is -2.33. The highest BCUT2D eigenvalue weighted by Crippen LogP contribution is 2.39. The predicted octanol–water partition coefficient (Wildman–Crippen LogP) is 5.60. The van der Waals surface area contributed by atoms with E-state index < -0.39 is 23.2 Å². The van der Waals surface area contributed by atoms with Gasteiger partial charge in [-0.05, 0) is 102 Å². The Morgan fingerprint density at radius 3 is 2.40 bits per heavy atom. The Morgan fingerprint density at radius 2 is 1.72 bits per heavy atom. The Balaban J connectivity index is 1.39. The monoisotopic (exact) mass is 591 g/mol. The second-order valence-corrected chi connectivity index (χ2v) is 12.7. The summed E-state index contributed by atoms with van der Waals surface area (Å²) in [5, 5.41) is 12.5. The van der Waals surface area contributed by atoms with E-state index in [0.717, 1.165) is 77.0 Å². The van der Waals surface area contributed by atoms with Crippen LogP contribution in [0.1, 0.15) is 55.6 Å². The van der Waals surface area contributed by atoms with Crippen LogP contribution in [0.3, 0.4) is 0 Å². The van der Waals surface area contributed by atoms with E-state index in [4.69, 9.17) is 9.84 Å². The van der Waals surface area contributed by atoms with Crippen molar-refractivity contribution in [3.8, 4) is 11.1 Å². The normalized spacial score (nSPS) is 17.1. The van der Waals surface area contributed by atoms with Crippen LogP contribution in [-0.2, 0) is 10.3 Å². The number of nitrogens with zero attached hydrogens (tertiary/aromatic N) is 6. The molecule has 4 aromatic rings. The number of morpholine rings is 1. The molecule has 9 nitrogen and oxygen atoms in total. The lowest BCUT2D eigenvalue weighted by molar-refractivity contribution is 0.102. The number of fused-ring (bicyclic) bond motifs is 1. The van der Waals surface area contributed by atoms with Crippen molar-refractivity contribution in [3.63, 3.8) is 0 Å². The van der Waals surface area contributed by atoms with Crippen LogP contribution in [0.2, 0.25) is 0 Å². The molecule has 0 saturated carbocycles. The van der Waals surface area contributed by atoms with Gasteiger partial charge >= 0.3 is 0 Å². The maximum absolute atomic E-state index is 15.2. The first kappa shape index (κ1) is 29.3. The van der Waals surface area contributed by atoms with Gasteiger partial charge in [0.2, 0.25) is 5.95 Å². The zero-order valence-corrected chi connectivity index (χ0v) is 25.5. The fourth-order valence-corrected chi connectivity index (χ4v) is 6.11. The van der Waals surface area contributed by atoms with E-state index in [-0.39, 0.29) is 11.3 Å². The summed E-state index contributed by atoms with van der Waals surface area (Å²) in [5.41, 5.74) is 3.62. The summed E-state index contributed by atoms with van der Waals surface area (Å²) in [6, 6.07) is 7.56. The minimum absolute atomic E-state index is 0.0245. The van der Waals surface area contributed by atoms with Crippen molar-refractivity contribution < 1.29 is 18.3 Å². The molecule has 2 aromatic carbocycles. The van der Waals surface area contributed by atoms with Gasteiger partial charge in [0, 0.05) is 18.5 Å². The first-order valence-corrected chi connectivity index (χ1v) is 14.9. The van der Waals surface area contributed by atoms with E-state index in [1.807, 2.05) is 13.1 Å². The predicted molar refractivity (Wildman–Crippen MR) is 164 cm³/mol. The topological polar surface area (TPSA) is 80.5 Å². The van der Waals surface area contributed by atoms with Crippen LogP contribution < -0.4 is 10.2 Å². The number of benzene rings is 2. The van der Waals surface area contributed by atoms with Crippen LogP contribution in [0.4, 0.5) is 20.2 Å². The fourth-order valence-electron chi connectivity index (χ4n) is 6.11. The highest BCUT2D eigenvalue weighted by Gasteiger charge is 2.27. The largest absolute Gasteiger partial charge is 0.378 e. The molecule has 2 aliphatic heterocycles. The minimum Gasteiger partial charge on any atom is -0.378 e. The number of amides is 1. The molecule has 2 fully saturated rings. The van der Waals surface area contributed by atoms with Gasteiger partial charge in [0.15, 0.2) is 0 Å². The van der Waals surface area contributed by atoms with Crippen LogP contribution in [0, 0.1) is 18.7 Å². The molecule has 6 rings (SSSR count). The molecule has 0 radical (unpaired) electrons. The van der Waals surface area contributed by atoms with E-state index in [2.05, 4.69) is 44.1 Å². The smallest absolute Gasteiger partial charge is 0.262 e. The van der Waals surface area contributed by atoms with Crippen LogP contribution in [0.5, 0.6) is 0 Å². The molecule has 0 spiro atoms. The van der Waals surface area contributed by atoms with Crippen molar-refractivity contribution >= 4 is 28.2 Å². The van der Waals surface area contributed by atoms with Crippen LogP contribution in [0.25, 0.3) is 22.0 Å². The summed E-state index contributed by atoms with van der Waals surface area (Å²) < 4.78 is 39.2. The number of aromatic nitrogens is 4. The van der Waals surface area contributed by atoms with Crippen molar-refractivity contribution in [2.75, 3.05) is 56.7 Å². The van der Waals surface area contributed by atoms with Gasteiger partial charge in [-0.25, -0.2) is 9.07 Å². The molecule has 0 unspecified atom stereocenters. The molecule has 2 aliphatic rings. The third kappa shape index (κ3) is 5.63. The minimum atomic E-state index is -0.764. The number of likely N-dealkylation sites (tertiary alicyclic amines) is 1. The molecule has 11 heteroatoms. The highest BCUT2D eigenvalue weighted by molar-refractivity contribution is 6.05. The number of aryl methyl sites for hydroxylation is 1. The first-order valence-electron chi connectivity index (χ1n) is 14.9. The number of anilines is 2. The van der Waals surface area contributed by atoms with E-state index in [1.54, 1.807) is 26.8 Å². The van der Waals surface area contributed by atoms with Crippen LogP contribution >= 0.6 is 0 Å². The molecular formula is C32H39F2N7O2. The lowest BCUT2D eigenvalue weighted by Crippen LogP contribution is -2.37. The Labute approximate surface area is 250 Å². The zero-order valence-electron chi connectivity index (χ0n) is 25.5. The van der Waals surface area contributed by atoms with Crippen molar-refractivity contribution in [2.24, 2.45) is 0 Å². The van der Waals surface area contributed by atoms with Gasteiger partial charge in [0.1, 0.15) is 11.4 Å². The molecule has 0 aliphatic carbocycles. The molecule has 4 heterocycles. The van der Waals surface area contributed by atoms with Gasteiger partial charge in [-0.3, -0.25) is 9.48 Å². The van der Waals surface area contributed by atoms with Gasteiger partial charge < -0.3 is 19.9 Å². The lowest BCUT2D eigenvalue weighted by atomic mass is 9.97. The molecule has 0 atom stereocenters. The summed E-state index contributed by atoms with van der Waals surface area (Å²) >= 11 is 0. The number of piperidine rings is 1. The van der Waals surface area contributed by atoms with Crippen molar-refractivity contribution in [1.29, 1.82) is 0 Å². The van der Waals surface area contributed by atoms with Crippen molar-refractivity contribution in [2.45, 2.75) is 52.1 Å². The van der Waals surface area contributed by atoms with Crippen LogP contribution in [-0.4, -0.2) is 76.8 Å². The average molecular weight is 592 g/mol. The van der Waals surface area contributed by atoms with E-state index in [0.29, 0.717) is 19.3 Å². The Kier molecular flexibility index (Phi) is 7.72. The van der Waals surface area contributed by atoms with Gasteiger partial charge in [-0.2, -0.15) is 14.6 Å². The quantitative estimate of drug-likeness (QED) is 0.326. The second-order valence-electron chi connectivity index (χ2n) is 12.7. The second kappa shape index (κ2) is 11.3. The number of nitrogens with one attached hydrogen (secondary N) is 1. The Hall–Kier alpha value is -3.83. The summed E-state index contributed by atoms with van der Waals surface area (Å²) in [4.78, 5) is 17.7. The van der Waals surface area contributed by atoms with E-state index >= 15 is 8.78 Å². The van der Waals surface area contributed by atoms with Gasteiger partial charge in [-0.1, -0.05) is 0 Å². The molecule has 1 N–H and O–H groups in total. The van der Waals surface area contributed by atoms with E-state index in [1.165, 1.54) is 12.3 Å². The average Bonchev–Trinajstić information content (AvgIpc) is 3.58. The highest BCUT2D eigenvalue weighted by atomic mass is 19.1. The molecule has 228 valence electrons. The first-order chi connectivity index (χ1) is 20.5. The number of rotatable bonds is 5. The summed E-state index contributed by atoms with van der Waals surface area (Å²) in [5.74, 6) is -2.12. The summed E-state index contributed by atoms with van der Waals surface area (Å²) in [6.45, 7) is 12.1. The number of halogens is 2. The summed E-state index contributed by atoms with van der Waals surface area (Å²) in [6.07, 6.45) is 5.16. The number of hydrogen-bond acceptors (Lipinski definition) is 6. The van der Waals surface area contributed by atoms with Gasteiger partial charge in [-0.15, -0.1) is 0 Å². The van der Waals surface area contributed by atoms with E-state index in [9.17, 15) is 4.79 Å². The molecule has 1 amide bonds. The summed E-state index contributed by atoms with van der Waals surface area (Å²) in [7, 11) is 2.15. The van der Waals surface area contributed by atoms with Crippen molar-refractivity contribution in [1.82, 2.24) is 24.5 Å². The molecule has 2 saturated heterocycles. The number of carbonyl (C=O) groups is 1. The SMILES string of the molecule is Cc1cc(F)c(NC(=O)c2cnn(C(C)(C)C)c2F)cc1-c1cc(N2CCOCC2)c2c(cnn2C2CCN(C)CC2)c1. The number of hydrogen-bond donors (Lipinski definition) is 1. The van der Waals surface area contributed by atoms with Gasteiger partial charge in [0.05, 0.1) is 54.1 Å². The zero-order chi connectivity index (χ0) is 30.5. The maximum Gasteiger partial charge on any atom is 0.262 e. The third-order valence-electron chi connectivity index (χ3n) is 8.52. The molecule has 0 bridgehead atoms. The Morgan fingerprint density at radius 1 is 1.00 bits per heavy atom. The van der Waals surface area contributed by atoms with Gasteiger partial charge in [0.25, 0.3) is 5.91 Å². The molecular weight excluding hydrogens is 552 g/mol. The molecule has 2 aromatic heterocycles. The Bertz CT molecular complexity index is 1660. The maximum atomic E-state index is 15.2. The van der Waals surface area contributed by atoms with Crippen molar-refractivity contribution in [3.05, 3.63) is 59.6 Å².